The van der Waals surface area contributed by atoms with Crippen molar-refractivity contribution in [3.8, 4) is 0 Å². The minimum Gasteiger partial charge on any atom is -0.461 e. The highest BCUT2D eigenvalue weighted by molar-refractivity contribution is 6.12. The van der Waals surface area contributed by atoms with Gasteiger partial charge in [-0.25, -0.2) is 0 Å². The van der Waals surface area contributed by atoms with Gasteiger partial charge in [0.1, 0.15) is 13.2 Å². The average Bonchev–Trinajstić information content (AvgIpc) is 3.09. The fourth-order valence-electron chi connectivity index (χ4n) is 3.84. The molecule has 1 fully saturated rings. The second-order valence-electron chi connectivity index (χ2n) is 8.18. The predicted molar refractivity (Wildman–Crippen MR) is 114 cm³/mol. The molecule has 2 unspecified atom stereocenters. The van der Waals surface area contributed by atoms with E-state index in [0.717, 1.165) is 11.1 Å². The Balaban J connectivity index is 1.65. The van der Waals surface area contributed by atoms with E-state index in [1.165, 1.54) is 0 Å². The maximum absolute atomic E-state index is 13.0. The molecule has 0 aromatic heterocycles. The van der Waals surface area contributed by atoms with E-state index in [1.54, 1.807) is 6.92 Å². The van der Waals surface area contributed by atoms with Gasteiger partial charge in [0.2, 0.25) is 0 Å². The Hall–Kier alpha value is -2.60. The Morgan fingerprint density at radius 1 is 1.03 bits per heavy atom. The van der Waals surface area contributed by atoms with Crippen molar-refractivity contribution in [3.05, 3.63) is 71.8 Å². The van der Waals surface area contributed by atoms with Gasteiger partial charge in [-0.05, 0) is 11.1 Å². The molecule has 156 valence electrons. The van der Waals surface area contributed by atoms with Gasteiger partial charge in [-0.1, -0.05) is 80.3 Å². The molecule has 2 radical (unpaired) electrons. The van der Waals surface area contributed by atoms with Crippen molar-refractivity contribution >= 4 is 19.8 Å². The summed E-state index contributed by atoms with van der Waals surface area (Å²) in [6.45, 7) is 4.24. The number of hydrogen-bond acceptors (Lipinski definition) is 5. The maximum atomic E-state index is 13.0. The third kappa shape index (κ3) is 5.51. The van der Waals surface area contributed by atoms with Crippen molar-refractivity contribution in [2.75, 3.05) is 6.61 Å². The van der Waals surface area contributed by atoms with Crippen molar-refractivity contribution in [1.29, 1.82) is 0 Å². The van der Waals surface area contributed by atoms with Gasteiger partial charge >= 0.3 is 11.9 Å². The van der Waals surface area contributed by atoms with Crippen LogP contribution in [0.4, 0.5) is 0 Å². The molecule has 0 amide bonds. The van der Waals surface area contributed by atoms with Crippen LogP contribution in [0.5, 0.6) is 0 Å². The van der Waals surface area contributed by atoms with Gasteiger partial charge in [0.15, 0.2) is 0 Å². The van der Waals surface area contributed by atoms with E-state index in [4.69, 9.17) is 22.1 Å². The van der Waals surface area contributed by atoms with Crippen LogP contribution in [0.15, 0.2) is 60.7 Å². The predicted octanol–water partition coefficient (Wildman–Crippen LogP) is 3.86. The van der Waals surface area contributed by atoms with Crippen molar-refractivity contribution in [2.45, 2.75) is 45.4 Å². The van der Waals surface area contributed by atoms with Gasteiger partial charge in [0.05, 0.1) is 32.9 Å². The van der Waals surface area contributed by atoms with Crippen LogP contribution in [0.25, 0.3) is 0 Å². The Morgan fingerprint density at radius 3 is 2.10 bits per heavy atom. The van der Waals surface area contributed by atoms with E-state index in [-0.39, 0.29) is 38.0 Å². The molecule has 0 N–H and O–H groups in total. The second kappa shape index (κ2) is 9.94. The van der Waals surface area contributed by atoms with Crippen molar-refractivity contribution < 1.29 is 23.8 Å². The summed E-state index contributed by atoms with van der Waals surface area (Å²) in [7, 11) is 6.07. The number of carbonyl (C=O) groups is 2. The van der Waals surface area contributed by atoms with E-state index in [9.17, 15) is 9.59 Å². The van der Waals surface area contributed by atoms with E-state index in [0.29, 0.717) is 0 Å². The summed E-state index contributed by atoms with van der Waals surface area (Å²) in [6, 6.07) is 18.9. The molecule has 0 spiro atoms. The lowest BCUT2D eigenvalue weighted by atomic mass is 9.69. The standard InChI is InChI=1S/C24H27BO5/c1-17(25)22-21(23(27)29-15-19-11-7-4-8-12-19)24(2,16-30-22)13-20(26)28-14-18-9-5-3-6-10-18/h3-12,17,21-22H,13-16H2,1-2H3/t17-,21?,22?,24-/m1/s1. The number of rotatable bonds is 8. The number of hydrogen-bond donors (Lipinski definition) is 0. The lowest BCUT2D eigenvalue weighted by molar-refractivity contribution is -0.157. The summed E-state index contributed by atoms with van der Waals surface area (Å²) in [5.41, 5.74) is 1.05. The van der Waals surface area contributed by atoms with Crippen LogP contribution >= 0.6 is 0 Å². The minimum atomic E-state index is -0.750. The van der Waals surface area contributed by atoms with Gasteiger partial charge in [0.25, 0.3) is 0 Å². The molecule has 2 aromatic carbocycles. The largest absolute Gasteiger partial charge is 0.461 e. The zero-order chi connectivity index (χ0) is 21.6. The third-order valence-corrected chi connectivity index (χ3v) is 5.47. The molecule has 4 atom stereocenters. The molecule has 1 heterocycles. The molecule has 3 rings (SSSR count). The topological polar surface area (TPSA) is 61.8 Å². The van der Waals surface area contributed by atoms with Gasteiger partial charge in [-0.15, -0.1) is 0 Å². The molecular weight excluding hydrogens is 379 g/mol. The normalized spacial score (nSPS) is 24.2. The van der Waals surface area contributed by atoms with Crippen LogP contribution in [0.1, 0.15) is 31.4 Å². The SMILES string of the molecule is [B][C@H](C)C1OC[C@@](C)(CC(=O)OCc2ccccc2)C1C(=O)OCc1ccccc1. The van der Waals surface area contributed by atoms with Gasteiger partial charge < -0.3 is 14.2 Å². The van der Waals surface area contributed by atoms with E-state index in [2.05, 4.69) is 0 Å². The highest BCUT2D eigenvalue weighted by atomic mass is 16.5. The zero-order valence-electron chi connectivity index (χ0n) is 17.5. The highest BCUT2D eigenvalue weighted by Gasteiger charge is 2.53. The molecule has 0 aliphatic carbocycles. The van der Waals surface area contributed by atoms with Gasteiger partial charge in [-0.2, -0.15) is 0 Å². The average molecular weight is 406 g/mol. The summed E-state index contributed by atoms with van der Waals surface area (Å²) in [5.74, 6) is -1.81. The van der Waals surface area contributed by atoms with Crippen molar-refractivity contribution in [2.24, 2.45) is 11.3 Å². The summed E-state index contributed by atoms with van der Waals surface area (Å²) >= 11 is 0. The summed E-state index contributed by atoms with van der Waals surface area (Å²) < 4.78 is 16.8. The Kier molecular flexibility index (Phi) is 7.32. The first kappa shape index (κ1) is 22.1. The van der Waals surface area contributed by atoms with Gasteiger partial charge in [0, 0.05) is 5.41 Å². The minimum absolute atomic E-state index is 0.0498. The first-order valence-corrected chi connectivity index (χ1v) is 10.2. The summed E-state index contributed by atoms with van der Waals surface area (Å²) in [6.07, 6.45) is -0.464. The number of esters is 2. The number of ether oxygens (including phenoxy) is 3. The molecule has 6 heteroatoms. The first-order valence-electron chi connectivity index (χ1n) is 10.2. The molecule has 1 aliphatic heterocycles. The Bertz CT molecular complexity index is 839. The smallest absolute Gasteiger partial charge is 0.312 e. The lowest BCUT2D eigenvalue weighted by Gasteiger charge is -2.30. The molecule has 2 aromatic rings. The lowest BCUT2D eigenvalue weighted by Crippen LogP contribution is -2.40. The Morgan fingerprint density at radius 2 is 1.57 bits per heavy atom. The van der Waals surface area contributed by atoms with E-state index < -0.39 is 23.4 Å². The maximum Gasteiger partial charge on any atom is 0.312 e. The van der Waals surface area contributed by atoms with E-state index >= 15 is 0 Å². The van der Waals surface area contributed by atoms with Crippen LogP contribution < -0.4 is 0 Å². The molecule has 0 bridgehead atoms. The van der Waals surface area contributed by atoms with E-state index in [1.807, 2.05) is 67.6 Å². The third-order valence-electron chi connectivity index (χ3n) is 5.47. The van der Waals surface area contributed by atoms with Crippen LogP contribution in [0, 0.1) is 11.3 Å². The Labute approximate surface area is 179 Å². The monoisotopic (exact) mass is 406 g/mol. The molecule has 5 nitrogen and oxygen atoms in total. The quantitative estimate of drug-likeness (QED) is 0.492. The van der Waals surface area contributed by atoms with Crippen LogP contribution in [-0.2, 0) is 37.0 Å². The number of benzene rings is 2. The molecule has 1 saturated heterocycles. The van der Waals surface area contributed by atoms with Crippen molar-refractivity contribution in [1.82, 2.24) is 0 Å². The summed E-state index contributed by atoms with van der Waals surface area (Å²) in [4.78, 5) is 25.5. The second-order valence-corrected chi connectivity index (χ2v) is 8.18. The van der Waals surface area contributed by atoms with Crippen LogP contribution in [-0.4, -0.2) is 32.5 Å². The molecular formula is C24H27BO5. The van der Waals surface area contributed by atoms with Crippen LogP contribution in [0.3, 0.4) is 0 Å². The molecule has 0 saturated carbocycles. The molecule has 1 aliphatic rings. The fraction of sp³-hybridized carbons (Fsp3) is 0.417. The molecule has 30 heavy (non-hydrogen) atoms. The highest BCUT2D eigenvalue weighted by Crippen LogP contribution is 2.45. The van der Waals surface area contributed by atoms with Crippen molar-refractivity contribution in [3.63, 3.8) is 0 Å². The fourth-order valence-corrected chi connectivity index (χ4v) is 3.84. The first-order chi connectivity index (χ1) is 14.4. The summed E-state index contributed by atoms with van der Waals surface area (Å²) in [5, 5.41) is 0. The number of carbonyl (C=O) groups excluding carboxylic acids is 2. The van der Waals surface area contributed by atoms with Crippen LogP contribution in [0.2, 0.25) is 5.82 Å². The zero-order valence-corrected chi connectivity index (χ0v) is 17.5. The van der Waals surface area contributed by atoms with Gasteiger partial charge in [-0.3, -0.25) is 9.59 Å².